The van der Waals surface area contributed by atoms with Crippen molar-refractivity contribution in [2.24, 2.45) is 0 Å². The molecule has 7 heteroatoms. The van der Waals surface area contributed by atoms with E-state index in [0.717, 1.165) is 17.4 Å². The number of aromatic nitrogens is 1. The number of pyridine rings is 1. The van der Waals surface area contributed by atoms with Gasteiger partial charge in [0.1, 0.15) is 18.0 Å². The van der Waals surface area contributed by atoms with Crippen molar-refractivity contribution in [1.29, 1.82) is 0 Å². The van der Waals surface area contributed by atoms with Crippen molar-refractivity contribution >= 4 is 28.1 Å². The van der Waals surface area contributed by atoms with Crippen LogP contribution >= 0.6 is 11.3 Å². The van der Waals surface area contributed by atoms with Crippen LogP contribution in [0.1, 0.15) is 4.88 Å². The maximum absolute atomic E-state index is 12.4. The topological polar surface area (TPSA) is 54.9 Å². The van der Waals surface area contributed by atoms with Gasteiger partial charge in [-0.05, 0) is 31.2 Å². The first-order valence-corrected chi connectivity index (χ1v) is 9.21. The third-order valence-electron chi connectivity index (χ3n) is 4.56. The van der Waals surface area contributed by atoms with Crippen molar-refractivity contribution in [3.05, 3.63) is 41.4 Å². The molecule has 0 saturated carbocycles. The summed E-state index contributed by atoms with van der Waals surface area (Å²) in [6.45, 7) is 5.13. The Labute approximate surface area is 151 Å². The zero-order valence-corrected chi connectivity index (χ0v) is 15.0. The molecule has 2 aliphatic heterocycles. The van der Waals surface area contributed by atoms with E-state index in [2.05, 4.69) is 9.88 Å². The molecule has 0 N–H and O–H groups in total. The molecule has 2 aromatic heterocycles. The molecule has 0 radical (unpaired) electrons. The van der Waals surface area contributed by atoms with Gasteiger partial charge in [-0.2, -0.15) is 0 Å². The minimum Gasteiger partial charge on any atom is -0.376 e. The molecular weight excluding hydrogens is 338 g/mol. The molecule has 4 rings (SSSR count). The van der Waals surface area contributed by atoms with Crippen LogP contribution in [0, 0.1) is 6.92 Å². The second-order valence-electron chi connectivity index (χ2n) is 6.50. The van der Waals surface area contributed by atoms with Crippen LogP contribution in [0.3, 0.4) is 0 Å². The summed E-state index contributed by atoms with van der Waals surface area (Å²) in [5.41, 5.74) is -0.542. The van der Waals surface area contributed by atoms with E-state index in [1.807, 2.05) is 42.2 Å². The Morgan fingerprint density at radius 1 is 1.24 bits per heavy atom. The Kier molecular flexibility index (Phi) is 4.45. The van der Waals surface area contributed by atoms with Crippen molar-refractivity contribution in [3.63, 3.8) is 0 Å². The van der Waals surface area contributed by atoms with Crippen molar-refractivity contribution in [1.82, 2.24) is 4.98 Å². The van der Waals surface area contributed by atoms with Crippen LogP contribution < -0.4 is 9.80 Å². The predicted molar refractivity (Wildman–Crippen MR) is 97.4 cm³/mol. The van der Waals surface area contributed by atoms with Crippen molar-refractivity contribution in [2.75, 3.05) is 49.3 Å². The van der Waals surface area contributed by atoms with Gasteiger partial charge in [0, 0.05) is 17.6 Å². The molecule has 2 aromatic rings. The molecule has 0 bridgehead atoms. The lowest BCUT2D eigenvalue weighted by molar-refractivity contribution is -0.143. The number of aryl methyl sites for hydroxylation is 1. The molecule has 4 heterocycles. The summed E-state index contributed by atoms with van der Waals surface area (Å²) in [4.78, 5) is 22.1. The molecule has 1 spiro atoms. The van der Waals surface area contributed by atoms with E-state index < -0.39 is 5.60 Å². The monoisotopic (exact) mass is 359 g/mol. The molecule has 6 nitrogen and oxygen atoms in total. The molecule has 132 valence electrons. The number of ether oxygens (including phenoxy) is 2. The van der Waals surface area contributed by atoms with Gasteiger partial charge < -0.3 is 14.4 Å². The second-order valence-corrected chi connectivity index (χ2v) is 7.76. The Hall–Kier alpha value is -1.96. The lowest BCUT2D eigenvalue weighted by Crippen LogP contribution is -2.60. The molecule has 1 atom stereocenters. The summed E-state index contributed by atoms with van der Waals surface area (Å²) >= 11 is 1.63. The van der Waals surface area contributed by atoms with E-state index in [-0.39, 0.29) is 12.5 Å². The van der Waals surface area contributed by atoms with Crippen LogP contribution in [0.4, 0.5) is 10.8 Å². The molecule has 2 fully saturated rings. The maximum Gasteiger partial charge on any atom is 0.253 e. The van der Waals surface area contributed by atoms with Gasteiger partial charge in [-0.3, -0.25) is 9.69 Å². The Morgan fingerprint density at radius 3 is 2.92 bits per heavy atom. The average molecular weight is 359 g/mol. The third-order valence-corrected chi connectivity index (χ3v) is 5.59. The zero-order chi connectivity index (χ0) is 17.3. The quantitative estimate of drug-likeness (QED) is 0.822. The normalized spacial score (nSPS) is 24.6. The fourth-order valence-electron chi connectivity index (χ4n) is 3.31. The minimum atomic E-state index is -0.542. The van der Waals surface area contributed by atoms with Gasteiger partial charge in [0.05, 0.1) is 31.3 Å². The SMILES string of the molecule is Cc1ccc(N2CC3(COCCN(c4ccccn4)C3)OCC2=O)s1. The van der Waals surface area contributed by atoms with E-state index in [1.165, 1.54) is 4.88 Å². The van der Waals surface area contributed by atoms with Gasteiger partial charge in [0.25, 0.3) is 5.91 Å². The number of rotatable bonds is 2. The predicted octanol–water partition coefficient (Wildman–Crippen LogP) is 2.09. The van der Waals surface area contributed by atoms with Crippen LogP contribution in [0.2, 0.25) is 0 Å². The summed E-state index contributed by atoms with van der Waals surface area (Å²) in [6, 6.07) is 9.93. The van der Waals surface area contributed by atoms with Gasteiger partial charge >= 0.3 is 0 Å². The molecular formula is C18H21N3O3S. The van der Waals surface area contributed by atoms with E-state index in [0.29, 0.717) is 26.3 Å². The van der Waals surface area contributed by atoms with E-state index in [4.69, 9.17) is 9.47 Å². The average Bonchev–Trinajstić information content (AvgIpc) is 2.96. The van der Waals surface area contributed by atoms with Crippen molar-refractivity contribution < 1.29 is 14.3 Å². The number of carbonyl (C=O) groups excluding carboxylic acids is 1. The van der Waals surface area contributed by atoms with Gasteiger partial charge in [0.15, 0.2) is 0 Å². The molecule has 25 heavy (non-hydrogen) atoms. The zero-order valence-electron chi connectivity index (χ0n) is 14.2. The fraction of sp³-hybridized carbons (Fsp3) is 0.444. The third kappa shape index (κ3) is 3.40. The van der Waals surface area contributed by atoms with Crippen molar-refractivity contribution in [3.8, 4) is 0 Å². The molecule has 2 saturated heterocycles. The first kappa shape index (κ1) is 16.5. The summed E-state index contributed by atoms with van der Waals surface area (Å²) in [6.07, 6.45) is 1.79. The second kappa shape index (κ2) is 6.74. The Balaban J connectivity index is 1.59. The van der Waals surface area contributed by atoms with Gasteiger partial charge in [-0.15, -0.1) is 11.3 Å². The molecule has 1 unspecified atom stereocenters. The van der Waals surface area contributed by atoms with Crippen LogP contribution in [0.5, 0.6) is 0 Å². The highest BCUT2D eigenvalue weighted by molar-refractivity contribution is 7.16. The van der Waals surface area contributed by atoms with Crippen LogP contribution in [-0.4, -0.2) is 55.9 Å². The minimum absolute atomic E-state index is 0.00103. The Bertz CT molecular complexity index is 751. The van der Waals surface area contributed by atoms with Gasteiger partial charge in [0.2, 0.25) is 0 Å². The van der Waals surface area contributed by atoms with Gasteiger partial charge in [-0.25, -0.2) is 4.98 Å². The molecule has 0 aromatic carbocycles. The smallest absolute Gasteiger partial charge is 0.253 e. The number of hydrogen-bond donors (Lipinski definition) is 0. The Morgan fingerprint density at radius 2 is 2.16 bits per heavy atom. The molecule has 1 amide bonds. The highest BCUT2D eigenvalue weighted by Gasteiger charge is 2.44. The summed E-state index contributed by atoms with van der Waals surface area (Å²) in [7, 11) is 0. The number of nitrogens with zero attached hydrogens (tertiary/aromatic N) is 3. The van der Waals surface area contributed by atoms with Gasteiger partial charge in [-0.1, -0.05) is 6.07 Å². The fourth-order valence-corrected chi connectivity index (χ4v) is 4.19. The standard InChI is InChI=1S/C18H21N3O3S/c1-14-5-6-17(25-14)21-12-18(24-10-16(21)22)11-20(8-9-23-13-18)15-4-2-3-7-19-15/h2-7H,8-13H2,1H3. The summed E-state index contributed by atoms with van der Waals surface area (Å²) in [5.74, 6) is 0.910. The van der Waals surface area contributed by atoms with Crippen LogP contribution in [0.25, 0.3) is 0 Å². The van der Waals surface area contributed by atoms with Crippen molar-refractivity contribution in [2.45, 2.75) is 12.5 Å². The molecule has 2 aliphatic rings. The van der Waals surface area contributed by atoms with E-state index >= 15 is 0 Å². The molecule has 0 aliphatic carbocycles. The van der Waals surface area contributed by atoms with E-state index in [9.17, 15) is 4.79 Å². The number of thiophene rings is 1. The lowest BCUT2D eigenvalue weighted by Gasteiger charge is -2.42. The number of hydrogen-bond acceptors (Lipinski definition) is 6. The first-order chi connectivity index (χ1) is 12.2. The van der Waals surface area contributed by atoms with Crippen LogP contribution in [-0.2, 0) is 14.3 Å². The number of morpholine rings is 1. The number of carbonyl (C=O) groups is 1. The maximum atomic E-state index is 12.4. The highest BCUT2D eigenvalue weighted by atomic mass is 32.1. The van der Waals surface area contributed by atoms with Crippen LogP contribution in [0.15, 0.2) is 36.5 Å². The summed E-state index contributed by atoms with van der Waals surface area (Å²) in [5, 5.41) is 0.971. The number of anilines is 2. The highest BCUT2D eigenvalue weighted by Crippen LogP contribution is 2.32. The van der Waals surface area contributed by atoms with E-state index in [1.54, 1.807) is 17.5 Å². The first-order valence-electron chi connectivity index (χ1n) is 8.40. The summed E-state index contributed by atoms with van der Waals surface area (Å²) < 4.78 is 11.9. The number of amides is 1. The largest absolute Gasteiger partial charge is 0.376 e. The lowest BCUT2D eigenvalue weighted by atomic mass is 10.0.